The van der Waals surface area contributed by atoms with Crippen LogP contribution in [-0.4, -0.2) is 76.7 Å². The van der Waals surface area contributed by atoms with Gasteiger partial charge in [-0.05, 0) is 119 Å². The van der Waals surface area contributed by atoms with Gasteiger partial charge < -0.3 is 33.0 Å². The third-order valence-corrected chi connectivity index (χ3v) is 11.0. The first kappa shape index (κ1) is 34.0. The highest BCUT2D eigenvalue weighted by molar-refractivity contribution is 5.98. The minimum Gasteiger partial charge on any atom is -0.491 e. The molecule has 2 aromatic heterocycles. The Labute approximate surface area is 304 Å². The van der Waals surface area contributed by atoms with Gasteiger partial charge in [-0.3, -0.25) is 9.59 Å². The molecule has 2 fully saturated rings. The van der Waals surface area contributed by atoms with Crippen molar-refractivity contribution in [1.29, 1.82) is 0 Å². The van der Waals surface area contributed by atoms with E-state index in [4.69, 9.17) is 23.6 Å². The maximum absolute atomic E-state index is 14.0. The number of carbonyl (C=O) groups is 2. The number of Topliss-reactive ketones (excluding diaryl/α,β-unsaturated/α-hetero) is 1. The lowest BCUT2D eigenvalue weighted by Crippen LogP contribution is -2.41. The largest absolute Gasteiger partial charge is 0.491 e. The monoisotopic (exact) mass is 702 g/mol. The minimum atomic E-state index is -0.220. The van der Waals surface area contributed by atoms with E-state index < -0.39 is 0 Å². The average molecular weight is 703 g/mol. The summed E-state index contributed by atoms with van der Waals surface area (Å²) < 4.78 is 24.9. The molecule has 5 heterocycles. The molecule has 0 spiro atoms. The van der Waals surface area contributed by atoms with Crippen molar-refractivity contribution in [3.05, 3.63) is 108 Å². The molecule has 3 aromatic carbocycles. The Balaban J connectivity index is 0.944. The van der Waals surface area contributed by atoms with E-state index in [1.165, 1.54) is 5.56 Å². The Kier molecular flexibility index (Phi) is 9.49. The summed E-state index contributed by atoms with van der Waals surface area (Å²) in [4.78, 5) is 37.1. The van der Waals surface area contributed by atoms with E-state index in [1.54, 1.807) is 6.26 Å². The third kappa shape index (κ3) is 7.04. The molecule has 270 valence electrons. The van der Waals surface area contributed by atoms with E-state index in [0.717, 1.165) is 84.9 Å². The van der Waals surface area contributed by atoms with Crippen LogP contribution in [0.4, 0.5) is 0 Å². The first-order valence-corrected chi connectivity index (χ1v) is 18.5. The van der Waals surface area contributed by atoms with Crippen molar-refractivity contribution in [1.82, 2.24) is 19.4 Å². The van der Waals surface area contributed by atoms with Gasteiger partial charge in [0.1, 0.15) is 11.5 Å². The Morgan fingerprint density at radius 3 is 2.62 bits per heavy atom. The van der Waals surface area contributed by atoms with Crippen molar-refractivity contribution >= 4 is 22.7 Å². The summed E-state index contributed by atoms with van der Waals surface area (Å²) in [5, 5.41) is 0. The molecule has 52 heavy (non-hydrogen) atoms. The van der Waals surface area contributed by atoms with Crippen LogP contribution in [0.1, 0.15) is 67.0 Å². The number of benzene rings is 3. The molecular weight excluding hydrogens is 656 g/mol. The molecule has 1 atom stereocenters. The number of aromatic nitrogens is 2. The van der Waals surface area contributed by atoms with Gasteiger partial charge in [0.2, 0.25) is 18.5 Å². The number of rotatable bonds is 12. The van der Waals surface area contributed by atoms with E-state index >= 15 is 0 Å². The van der Waals surface area contributed by atoms with Gasteiger partial charge in [-0.1, -0.05) is 30.3 Å². The molecule has 2 saturated heterocycles. The van der Waals surface area contributed by atoms with Crippen LogP contribution in [-0.2, 0) is 23.2 Å². The fourth-order valence-electron chi connectivity index (χ4n) is 8.14. The van der Waals surface area contributed by atoms with Crippen molar-refractivity contribution in [2.24, 2.45) is 5.92 Å². The van der Waals surface area contributed by atoms with E-state index in [1.807, 2.05) is 90.0 Å². The number of hydrogen-bond donors (Lipinski definition) is 0. The first-order chi connectivity index (χ1) is 25.3. The van der Waals surface area contributed by atoms with E-state index in [9.17, 15) is 9.59 Å². The van der Waals surface area contributed by atoms with Crippen LogP contribution in [0.3, 0.4) is 0 Å². The van der Waals surface area contributed by atoms with Gasteiger partial charge in [-0.25, -0.2) is 4.98 Å². The fraction of sp³-hybridized carbons (Fsp3) is 0.405. The zero-order chi connectivity index (χ0) is 35.7. The average Bonchev–Trinajstić information content (AvgIpc) is 3.98. The van der Waals surface area contributed by atoms with Crippen molar-refractivity contribution in [3.8, 4) is 17.2 Å². The van der Waals surface area contributed by atoms with Crippen molar-refractivity contribution in [2.45, 2.75) is 64.0 Å². The summed E-state index contributed by atoms with van der Waals surface area (Å²) in [5.41, 5.74) is 3.67. The Morgan fingerprint density at radius 1 is 0.942 bits per heavy atom. The summed E-state index contributed by atoms with van der Waals surface area (Å²) in [6, 6.07) is 25.8. The smallest absolute Gasteiger partial charge is 0.231 e. The highest BCUT2D eigenvalue weighted by Crippen LogP contribution is 2.43. The lowest BCUT2D eigenvalue weighted by atomic mass is 9.76. The summed E-state index contributed by atoms with van der Waals surface area (Å²) in [6.45, 7) is 8.59. The molecule has 10 heteroatoms. The van der Waals surface area contributed by atoms with Crippen LogP contribution < -0.4 is 14.2 Å². The second-order valence-corrected chi connectivity index (χ2v) is 14.7. The highest BCUT2D eigenvalue weighted by Gasteiger charge is 2.42. The van der Waals surface area contributed by atoms with Crippen molar-refractivity contribution in [3.63, 3.8) is 0 Å². The van der Waals surface area contributed by atoms with Crippen LogP contribution in [0, 0.1) is 5.92 Å². The number of fused-ring (bicyclic) bond motifs is 2. The van der Waals surface area contributed by atoms with Crippen LogP contribution in [0.15, 0.2) is 89.5 Å². The summed E-state index contributed by atoms with van der Waals surface area (Å²) in [6.07, 6.45) is 5.40. The maximum atomic E-state index is 14.0. The molecule has 0 radical (unpaired) electrons. The number of para-hydroxylation sites is 2. The molecule has 0 saturated carbocycles. The van der Waals surface area contributed by atoms with Gasteiger partial charge in [0.05, 0.1) is 36.4 Å². The molecule has 5 aromatic rings. The molecule has 3 aliphatic heterocycles. The highest BCUT2D eigenvalue weighted by atomic mass is 16.7. The molecule has 1 amide bonds. The number of ether oxygens (including phenoxy) is 3. The van der Waals surface area contributed by atoms with E-state index in [0.29, 0.717) is 31.9 Å². The third-order valence-electron chi connectivity index (χ3n) is 11.0. The Hall–Kier alpha value is -5.09. The van der Waals surface area contributed by atoms with E-state index in [2.05, 4.69) is 17.0 Å². The SMILES string of the molecule is CC(C)Oc1cccc(CC(=O)N2CCC(CCN3CCC(C(=O)c4nc5ccccc5n4Cc4ccco4)CC3)(c3ccc4c(c3)OCO4)C2)c1. The number of nitrogens with zero attached hydrogens (tertiary/aromatic N) is 4. The lowest BCUT2D eigenvalue weighted by molar-refractivity contribution is -0.129. The van der Waals surface area contributed by atoms with Gasteiger partial charge in [0, 0.05) is 24.4 Å². The number of hydrogen-bond acceptors (Lipinski definition) is 8. The summed E-state index contributed by atoms with van der Waals surface area (Å²) in [7, 11) is 0. The van der Waals surface area contributed by atoms with E-state index in [-0.39, 0.29) is 35.9 Å². The van der Waals surface area contributed by atoms with Gasteiger partial charge in [-0.15, -0.1) is 0 Å². The standard InChI is InChI=1S/C42H46N4O6/c1-29(2)52-33-8-5-7-30(23-33)24-39(47)45-21-17-42(27-45,32-12-13-37-38(25-32)51-28-50-37)16-20-44-18-14-31(15-19-44)40(48)41-43-35-10-3-4-11-36(35)46(41)26-34-9-6-22-49-34/h3-13,22-23,25,29,31H,14-21,24,26-28H2,1-2H3. The molecule has 0 N–H and O–H groups in total. The molecular formula is C42H46N4O6. The zero-order valence-corrected chi connectivity index (χ0v) is 30.0. The summed E-state index contributed by atoms with van der Waals surface area (Å²) in [5.74, 6) is 3.75. The number of imidazole rings is 1. The van der Waals surface area contributed by atoms with Gasteiger partial charge in [-0.2, -0.15) is 0 Å². The van der Waals surface area contributed by atoms with Gasteiger partial charge in [0.15, 0.2) is 17.3 Å². The molecule has 10 nitrogen and oxygen atoms in total. The number of likely N-dealkylation sites (tertiary alicyclic amines) is 2. The fourth-order valence-corrected chi connectivity index (χ4v) is 8.14. The second kappa shape index (κ2) is 14.5. The number of ketones is 1. The normalized spacial score (nSPS) is 19.2. The number of carbonyl (C=O) groups excluding carboxylic acids is 2. The number of amides is 1. The molecule has 0 aliphatic carbocycles. The Morgan fingerprint density at radius 2 is 1.79 bits per heavy atom. The lowest BCUT2D eigenvalue weighted by Gasteiger charge is -2.36. The number of furan rings is 1. The topological polar surface area (TPSA) is 99.3 Å². The molecule has 3 aliphatic rings. The minimum absolute atomic E-state index is 0.0703. The van der Waals surface area contributed by atoms with Crippen LogP contribution in [0.2, 0.25) is 0 Å². The first-order valence-electron chi connectivity index (χ1n) is 18.5. The predicted octanol–water partition coefficient (Wildman–Crippen LogP) is 6.89. The van der Waals surface area contributed by atoms with Crippen LogP contribution >= 0.6 is 0 Å². The van der Waals surface area contributed by atoms with Crippen LogP contribution in [0.25, 0.3) is 11.0 Å². The molecule has 8 rings (SSSR count). The Bertz CT molecular complexity index is 2050. The van der Waals surface area contributed by atoms with Gasteiger partial charge in [0.25, 0.3) is 0 Å². The molecule has 1 unspecified atom stereocenters. The quantitative estimate of drug-likeness (QED) is 0.130. The van der Waals surface area contributed by atoms with Crippen LogP contribution in [0.5, 0.6) is 17.2 Å². The van der Waals surface area contributed by atoms with Crippen molar-refractivity contribution in [2.75, 3.05) is 39.5 Å². The number of piperidine rings is 1. The summed E-state index contributed by atoms with van der Waals surface area (Å²) >= 11 is 0. The predicted molar refractivity (Wildman–Crippen MR) is 197 cm³/mol. The van der Waals surface area contributed by atoms with Crippen molar-refractivity contribution < 1.29 is 28.2 Å². The van der Waals surface area contributed by atoms with Gasteiger partial charge >= 0.3 is 0 Å². The molecule has 0 bridgehead atoms. The maximum Gasteiger partial charge on any atom is 0.231 e. The second-order valence-electron chi connectivity index (χ2n) is 14.7. The zero-order valence-electron chi connectivity index (χ0n) is 30.0.